The number of carbonyl (C=O) groups is 3. The predicted octanol–water partition coefficient (Wildman–Crippen LogP) is 2.44. The van der Waals surface area contributed by atoms with Crippen molar-refractivity contribution in [3.8, 4) is 0 Å². The zero-order valence-corrected chi connectivity index (χ0v) is 17.9. The predicted molar refractivity (Wildman–Crippen MR) is 107 cm³/mol. The number of allylic oxidation sites excluding steroid dienone is 1. The fraction of sp³-hybridized carbons (Fsp3) is 0.773. The summed E-state index contributed by atoms with van der Waals surface area (Å²) in [6.45, 7) is 5.26. The summed E-state index contributed by atoms with van der Waals surface area (Å²) >= 11 is 3.95. The number of hydrogen-bond donors (Lipinski definition) is 3. The topological polar surface area (TPSA) is 91.7 Å². The Bertz CT molecular complexity index is 828. The minimum absolute atomic E-state index is 0.0416. The fourth-order valence-corrected chi connectivity index (χ4v) is 8.07. The van der Waals surface area contributed by atoms with Crippen LogP contribution in [0.5, 0.6) is 0 Å². The van der Waals surface area contributed by atoms with E-state index < -0.39 is 51.1 Å². The molecule has 2 N–H and O–H groups in total. The van der Waals surface area contributed by atoms with Gasteiger partial charge in [0.05, 0.1) is 12.0 Å². The Labute approximate surface area is 175 Å². The largest absolute Gasteiger partial charge is 0.390 e. The van der Waals surface area contributed by atoms with E-state index in [0.717, 1.165) is 0 Å². The van der Waals surface area contributed by atoms with Gasteiger partial charge in [-0.3, -0.25) is 9.59 Å². The molecule has 7 heteroatoms. The van der Waals surface area contributed by atoms with Crippen molar-refractivity contribution in [2.24, 2.45) is 34.5 Å². The summed E-state index contributed by atoms with van der Waals surface area (Å²) in [5.41, 5.74) is -5.22. The Hall–Kier alpha value is -1.05. The smallest absolute Gasteiger partial charge is 0.218 e. The molecule has 0 aromatic rings. The fourth-order valence-electron chi connectivity index (χ4n) is 7.59. The summed E-state index contributed by atoms with van der Waals surface area (Å²) in [5, 5.41) is 21.9. The summed E-state index contributed by atoms with van der Waals surface area (Å²) in [6.07, 6.45) is 1.93. The van der Waals surface area contributed by atoms with Gasteiger partial charge in [-0.2, -0.15) is 0 Å². The lowest BCUT2D eigenvalue weighted by Gasteiger charge is -2.63. The lowest BCUT2D eigenvalue weighted by Crippen LogP contribution is -2.69. The average molecular weight is 425 g/mol. The third-order valence-corrected chi connectivity index (χ3v) is 9.56. The quantitative estimate of drug-likeness (QED) is 0.360. The third kappa shape index (κ3) is 2.27. The molecule has 0 amide bonds. The maximum atomic E-state index is 17.1. The second-order valence-corrected chi connectivity index (χ2v) is 10.6. The van der Waals surface area contributed by atoms with E-state index in [4.69, 9.17) is 0 Å². The molecule has 0 spiro atoms. The highest BCUT2D eigenvalue weighted by Gasteiger charge is 2.75. The number of halogens is 1. The molecule has 0 aromatic heterocycles. The maximum absolute atomic E-state index is 17.1. The minimum Gasteiger partial charge on any atom is -0.390 e. The van der Waals surface area contributed by atoms with Crippen molar-refractivity contribution in [2.45, 2.75) is 70.2 Å². The van der Waals surface area contributed by atoms with Crippen LogP contribution in [0.15, 0.2) is 11.6 Å². The maximum Gasteiger partial charge on any atom is 0.218 e. The van der Waals surface area contributed by atoms with Gasteiger partial charge < -0.3 is 15.0 Å². The molecule has 4 aliphatic carbocycles. The molecule has 0 bridgehead atoms. The van der Waals surface area contributed by atoms with Gasteiger partial charge in [-0.25, -0.2) is 4.39 Å². The van der Waals surface area contributed by atoms with Crippen molar-refractivity contribution < 1.29 is 29.0 Å². The highest BCUT2D eigenvalue weighted by molar-refractivity contribution is 7.96. The van der Waals surface area contributed by atoms with Gasteiger partial charge in [0.25, 0.3) is 0 Å². The van der Waals surface area contributed by atoms with E-state index in [0.29, 0.717) is 31.1 Å². The van der Waals surface area contributed by atoms with Crippen LogP contribution in [0.4, 0.5) is 4.39 Å². The van der Waals surface area contributed by atoms with Gasteiger partial charge in [0.2, 0.25) is 5.12 Å². The first kappa shape index (κ1) is 21.2. The number of alkyl halides is 1. The summed E-state index contributed by atoms with van der Waals surface area (Å²) in [6, 6.07) is 0. The standard InChI is InChI=1S/C22H29FO5S/c1-11-6-15-14-5-4-13-7-16(25)12(10-24)8-19(13,2)21(14,23)17(26)9-20(15,3)22(11,28)18(27)29/h7,10-12,14-15,17,26,28H,4-6,8-9H2,1-3H3,(H,27,29). The van der Waals surface area contributed by atoms with Crippen molar-refractivity contribution in [3.63, 3.8) is 0 Å². The SMILES string of the molecule is CC1CC2C3CCC4=CC(=O)C(C=O)CC4(C)C3(F)C(O)CC2(C)C1(O)C(=O)S. The number of carbonyl (C=O) groups excluding carboxylic acids is 3. The molecule has 4 aliphatic rings. The van der Waals surface area contributed by atoms with Gasteiger partial charge in [0.15, 0.2) is 5.78 Å². The molecule has 3 saturated carbocycles. The Balaban J connectivity index is 1.84. The lowest BCUT2D eigenvalue weighted by atomic mass is 9.43. The molecule has 0 aromatic carbocycles. The van der Waals surface area contributed by atoms with Gasteiger partial charge in [-0.05, 0) is 50.0 Å². The van der Waals surface area contributed by atoms with Crippen LogP contribution in [0, 0.1) is 34.5 Å². The molecule has 3 fully saturated rings. The van der Waals surface area contributed by atoms with E-state index in [1.807, 2.05) is 0 Å². The lowest BCUT2D eigenvalue weighted by molar-refractivity contribution is -0.227. The van der Waals surface area contributed by atoms with Crippen molar-refractivity contribution in [2.75, 3.05) is 0 Å². The Morgan fingerprint density at radius 2 is 1.97 bits per heavy atom. The number of aldehydes is 1. The highest BCUT2D eigenvalue weighted by Crippen LogP contribution is 2.71. The van der Waals surface area contributed by atoms with Crippen molar-refractivity contribution in [3.05, 3.63) is 11.6 Å². The molecule has 4 rings (SSSR count). The van der Waals surface area contributed by atoms with E-state index in [1.54, 1.807) is 20.8 Å². The molecule has 9 unspecified atom stereocenters. The number of rotatable bonds is 2. The number of ketones is 1. The van der Waals surface area contributed by atoms with Gasteiger partial charge in [0.1, 0.15) is 17.6 Å². The van der Waals surface area contributed by atoms with E-state index in [-0.39, 0.29) is 24.5 Å². The minimum atomic E-state index is -2.03. The van der Waals surface area contributed by atoms with Crippen LogP contribution in [-0.4, -0.2) is 44.8 Å². The van der Waals surface area contributed by atoms with Gasteiger partial charge in [-0.1, -0.05) is 26.3 Å². The van der Waals surface area contributed by atoms with E-state index in [9.17, 15) is 24.6 Å². The Morgan fingerprint density at radius 1 is 1.31 bits per heavy atom. The van der Waals surface area contributed by atoms with Crippen LogP contribution >= 0.6 is 12.6 Å². The molecule has 29 heavy (non-hydrogen) atoms. The van der Waals surface area contributed by atoms with Crippen LogP contribution in [0.2, 0.25) is 0 Å². The molecular weight excluding hydrogens is 395 g/mol. The number of fused-ring (bicyclic) bond motifs is 5. The Morgan fingerprint density at radius 3 is 2.55 bits per heavy atom. The number of aliphatic hydroxyl groups is 2. The van der Waals surface area contributed by atoms with Crippen LogP contribution in [0.1, 0.15) is 52.9 Å². The van der Waals surface area contributed by atoms with Crippen LogP contribution in [0.25, 0.3) is 0 Å². The highest BCUT2D eigenvalue weighted by atomic mass is 32.1. The summed E-state index contributed by atoms with van der Waals surface area (Å²) < 4.78 is 17.1. The average Bonchev–Trinajstić information content (AvgIpc) is 2.85. The third-order valence-electron chi connectivity index (χ3n) is 9.22. The van der Waals surface area contributed by atoms with E-state index in [2.05, 4.69) is 12.6 Å². The van der Waals surface area contributed by atoms with Crippen molar-refractivity contribution in [1.29, 1.82) is 0 Å². The van der Waals surface area contributed by atoms with Crippen LogP contribution in [-0.2, 0) is 14.4 Å². The molecular formula is C22H29FO5S. The van der Waals surface area contributed by atoms with Gasteiger partial charge in [0, 0.05) is 16.7 Å². The van der Waals surface area contributed by atoms with Gasteiger partial charge in [-0.15, -0.1) is 12.6 Å². The van der Waals surface area contributed by atoms with E-state index >= 15 is 4.39 Å². The molecule has 160 valence electrons. The molecule has 0 saturated heterocycles. The normalized spacial score (nSPS) is 54.1. The first-order valence-electron chi connectivity index (χ1n) is 10.4. The zero-order valence-electron chi connectivity index (χ0n) is 17.0. The molecule has 5 nitrogen and oxygen atoms in total. The van der Waals surface area contributed by atoms with E-state index in [1.165, 1.54) is 6.08 Å². The number of aliphatic hydroxyl groups excluding tert-OH is 1. The first-order valence-corrected chi connectivity index (χ1v) is 10.9. The molecule has 0 radical (unpaired) electrons. The number of thiol groups is 1. The first-order chi connectivity index (χ1) is 13.4. The summed E-state index contributed by atoms with van der Waals surface area (Å²) in [7, 11) is 0. The van der Waals surface area contributed by atoms with Gasteiger partial charge >= 0.3 is 0 Å². The Kier molecular flexibility index (Phi) is 4.56. The van der Waals surface area contributed by atoms with Crippen LogP contribution in [0.3, 0.4) is 0 Å². The molecule has 0 aliphatic heterocycles. The molecule has 9 atom stereocenters. The van der Waals surface area contributed by atoms with Crippen LogP contribution < -0.4 is 0 Å². The summed E-state index contributed by atoms with van der Waals surface area (Å²) in [5.74, 6) is -2.50. The second kappa shape index (κ2) is 6.24. The number of hydrogen-bond acceptors (Lipinski definition) is 5. The monoisotopic (exact) mass is 424 g/mol. The van der Waals surface area contributed by atoms with Crippen molar-refractivity contribution in [1.82, 2.24) is 0 Å². The summed E-state index contributed by atoms with van der Waals surface area (Å²) in [4.78, 5) is 36.0. The zero-order chi connectivity index (χ0) is 21.6. The molecule has 0 heterocycles. The van der Waals surface area contributed by atoms with Crippen molar-refractivity contribution >= 4 is 29.8 Å². The second-order valence-electron chi connectivity index (χ2n) is 10.2.